The quantitative estimate of drug-likeness (QED) is 0.515. The zero-order valence-electron chi connectivity index (χ0n) is 17.0. The van der Waals surface area contributed by atoms with Crippen LogP contribution in [0.2, 0.25) is 0 Å². The smallest absolute Gasteiger partial charge is 0.339 e. The molecule has 0 aliphatic heterocycles. The molecule has 1 amide bonds. The SMILES string of the molecule is CNC(C)(C)C(=O)ONC(=O)Cc1ccc(CCCCc2ccccc2)cc1. The summed E-state index contributed by atoms with van der Waals surface area (Å²) in [5.41, 5.74) is 4.89. The van der Waals surface area contributed by atoms with Gasteiger partial charge < -0.3 is 10.2 Å². The Balaban J connectivity index is 1.70. The maximum absolute atomic E-state index is 12.0. The van der Waals surface area contributed by atoms with Crippen LogP contribution >= 0.6 is 0 Å². The van der Waals surface area contributed by atoms with Crippen LogP contribution in [0.1, 0.15) is 43.4 Å². The first kappa shape index (κ1) is 21.6. The maximum atomic E-state index is 12.0. The minimum atomic E-state index is -0.852. The van der Waals surface area contributed by atoms with E-state index in [0.29, 0.717) is 0 Å². The number of likely N-dealkylation sites (N-methyl/N-ethyl adjacent to an activating group) is 1. The van der Waals surface area contributed by atoms with Crippen molar-refractivity contribution in [1.29, 1.82) is 0 Å². The molecule has 0 atom stereocenters. The van der Waals surface area contributed by atoms with Crippen LogP contribution in [0.25, 0.3) is 0 Å². The number of benzene rings is 2. The lowest BCUT2D eigenvalue weighted by molar-refractivity contribution is -0.163. The van der Waals surface area contributed by atoms with E-state index in [9.17, 15) is 9.59 Å². The average molecular weight is 383 g/mol. The zero-order chi connectivity index (χ0) is 20.4. The van der Waals surface area contributed by atoms with E-state index in [1.54, 1.807) is 20.9 Å². The standard InChI is InChI=1S/C23H30N2O3/c1-23(2,24-3)22(27)28-25-21(26)17-20-15-13-19(14-16-20)12-8-7-11-18-9-5-4-6-10-18/h4-6,9-10,13-16,24H,7-8,11-12,17H2,1-3H3,(H,25,26). The predicted molar refractivity (Wildman–Crippen MR) is 111 cm³/mol. The lowest BCUT2D eigenvalue weighted by Gasteiger charge is -2.20. The zero-order valence-corrected chi connectivity index (χ0v) is 17.0. The van der Waals surface area contributed by atoms with Crippen LogP contribution in [0.4, 0.5) is 0 Å². The summed E-state index contributed by atoms with van der Waals surface area (Å²) in [4.78, 5) is 28.6. The average Bonchev–Trinajstić information content (AvgIpc) is 2.71. The summed E-state index contributed by atoms with van der Waals surface area (Å²) in [6.07, 6.45) is 4.58. The Hall–Kier alpha value is -2.66. The summed E-state index contributed by atoms with van der Waals surface area (Å²) in [6, 6.07) is 18.5. The molecule has 0 saturated carbocycles. The molecule has 0 heterocycles. The number of amides is 1. The van der Waals surface area contributed by atoms with Crippen LogP contribution in [0.3, 0.4) is 0 Å². The number of aryl methyl sites for hydroxylation is 2. The number of hydrogen-bond acceptors (Lipinski definition) is 4. The number of carbonyl (C=O) groups is 2. The molecule has 2 aromatic rings. The van der Waals surface area contributed by atoms with E-state index < -0.39 is 11.5 Å². The molecule has 0 spiro atoms. The molecule has 2 aromatic carbocycles. The number of nitrogens with one attached hydrogen (secondary N) is 2. The summed E-state index contributed by atoms with van der Waals surface area (Å²) in [7, 11) is 1.66. The van der Waals surface area contributed by atoms with Gasteiger partial charge in [0, 0.05) is 0 Å². The molecule has 0 fully saturated rings. The fourth-order valence-corrected chi connectivity index (χ4v) is 2.68. The van der Waals surface area contributed by atoms with E-state index >= 15 is 0 Å². The Labute approximate surface area is 167 Å². The second kappa shape index (κ2) is 10.6. The Kier molecular flexibility index (Phi) is 8.20. The lowest BCUT2D eigenvalue weighted by atomic mass is 10.0. The summed E-state index contributed by atoms with van der Waals surface area (Å²) < 4.78 is 0. The number of rotatable bonds is 9. The Morgan fingerprint density at radius 3 is 1.96 bits per heavy atom. The monoisotopic (exact) mass is 382 g/mol. The van der Waals surface area contributed by atoms with Crippen molar-refractivity contribution in [3.63, 3.8) is 0 Å². The lowest BCUT2D eigenvalue weighted by Crippen LogP contribution is -2.48. The summed E-state index contributed by atoms with van der Waals surface area (Å²) in [5.74, 6) is -0.884. The third-order valence-electron chi connectivity index (χ3n) is 4.80. The van der Waals surface area contributed by atoms with Crippen LogP contribution in [-0.2, 0) is 33.7 Å². The Morgan fingerprint density at radius 1 is 0.857 bits per heavy atom. The molecule has 5 heteroatoms. The molecule has 0 bridgehead atoms. The maximum Gasteiger partial charge on any atom is 0.351 e. The van der Waals surface area contributed by atoms with Crippen molar-refractivity contribution in [2.75, 3.05) is 7.05 Å². The Morgan fingerprint density at radius 2 is 1.39 bits per heavy atom. The van der Waals surface area contributed by atoms with Gasteiger partial charge >= 0.3 is 5.97 Å². The van der Waals surface area contributed by atoms with E-state index in [4.69, 9.17) is 4.84 Å². The van der Waals surface area contributed by atoms with Crippen LogP contribution in [0, 0.1) is 0 Å². The van der Waals surface area contributed by atoms with Gasteiger partial charge in [-0.3, -0.25) is 4.79 Å². The van der Waals surface area contributed by atoms with Gasteiger partial charge in [0.05, 0.1) is 6.42 Å². The van der Waals surface area contributed by atoms with E-state index in [-0.39, 0.29) is 12.3 Å². The highest BCUT2D eigenvalue weighted by Gasteiger charge is 2.28. The largest absolute Gasteiger partial charge is 0.351 e. The van der Waals surface area contributed by atoms with Gasteiger partial charge in [-0.2, -0.15) is 5.48 Å². The first-order chi connectivity index (χ1) is 13.4. The minimum absolute atomic E-state index is 0.168. The molecular formula is C23H30N2O3. The fraction of sp³-hybridized carbons (Fsp3) is 0.391. The van der Waals surface area contributed by atoms with E-state index in [1.165, 1.54) is 11.1 Å². The summed E-state index contributed by atoms with van der Waals surface area (Å²) >= 11 is 0. The number of hydrogen-bond donors (Lipinski definition) is 2. The van der Waals surface area contributed by atoms with Crippen molar-refractivity contribution in [3.05, 3.63) is 71.3 Å². The van der Waals surface area contributed by atoms with Crippen LogP contribution in [0.15, 0.2) is 54.6 Å². The molecule has 5 nitrogen and oxygen atoms in total. The number of hydroxylamine groups is 1. The first-order valence-electron chi connectivity index (χ1n) is 9.71. The predicted octanol–water partition coefficient (Wildman–Crippen LogP) is 3.37. The van der Waals surface area contributed by atoms with Crippen molar-refractivity contribution in [2.24, 2.45) is 0 Å². The number of unbranched alkanes of at least 4 members (excludes halogenated alkanes) is 1. The van der Waals surface area contributed by atoms with Crippen LogP contribution < -0.4 is 10.8 Å². The molecule has 0 unspecified atom stereocenters. The van der Waals surface area contributed by atoms with Crippen LogP contribution in [0.5, 0.6) is 0 Å². The highest BCUT2D eigenvalue weighted by molar-refractivity contribution is 5.83. The second-order valence-corrected chi connectivity index (χ2v) is 7.48. The third kappa shape index (κ3) is 7.16. The van der Waals surface area contributed by atoms with Crippen molar-refractivity contribution in [3.8, 4) is 0 Å². The van der Waals surface area contributed by atoms with Gasteiger partial charge in [-0.15, -0.1) is 0 Å². The van der Waals surface area contributed by atoms with Crippen molar-refractivity contribution < 1.29 is 14.4 Å². The second-order valence-electron chi connectivity index (χ2n) is 7.48. The van der Waals surface area contributed by atoms with Crippen molar-refractivity contribution in [2.45, 2.75) is 51.5 Å². The number of carbonyl (C=O) groups excluding carboxylic acids is 2. The third-order valence-corrected chi connectivity index (χ3v) is 4.80. The van der Waals surface area contributed by atoms with E-state index in [1.807, 2.05) is 18.2 Å². The summed E-state index contributed by atoms with van der Waals surface area (Å²) in [5, 5.41) is 2.83. The molecule has 2 N–H and O–H groups in total. The van der Waals surface area contributed by atoms with Crippen molar-refractivity contribution >= 4 is 11.9 Å². The van der Waals surface area contributed by atoms with Gasteiger partial charge in [0.25, 0.3) is 5.91 Å². The highest BCUT2D eigenvalue weighted by Crippen LogP contribution is 2.11. The minimum Gasteiger partial charge on any atom is -0.339 e. The topological polar surface area (TPSA) is 67.4 Å². The fourth-order valence-electron chi connectivity index (χ4n) is 2.68. The molecular weight excluding hydrogens is 352 g/mol. The molecule has 0 saturated heterocycles. The van der Waals surface area contributed by atoms with Gasteiger partial charge in [-0.1, -0.05) is 54.6 Å². The van der Waals surface area contributed by atoms with E-state index in [0.717, 1.165) is 31.2 Å². The molecule has 0 radical (unpaired) electrons. The van der Waals surface area contributed by atoms with Crippen LogP contribution in [-0.4, -0.2) is 24.5 Å². The first-order valence-corrected chi connectivity index (χ1v) is 9.71. The molecule has 2 rings (SSSR count). The van der Waals surface area contributed by atoms with Gasteiger partial charge in [-0.05, 0) is 63.3 Å². The normalized spacial score (nSPS) is 11.1. The highest BCUT2D eigenvalue weighted by atomic mass is 16.7. The Bertz CT molecular complexity index is 755. The molecule has 28 heavy (non-hydrogen) atoms. The summed E-state index contributed by atoms with van der Waals surface area (Å²) in [6.45, 7) is 3.36. The van der Waals surface area contributed by atoms with E-state index in [2.05, 4.69) is 47.2 Å². The van der Waals surface area contributed by atoms with Gasteiger partial charge in [-0.25, -0.2) is 4.79 Å². The van der Waals surface area contributed by atoms with Gasteiger partial charge in [0.15, 0.2) is 0 Å². The van der Waals surface area contributed by atoms with Crippen molar-refractivity contribution in [1.82, 2.24) is 10.8 Å². The van der Waals surface area contributed by atoms with Gasteiger partial charge in [0.2, 0.25) is 0 Å². The van der Waals surface area contributed by atoms with Gasteiger partial charge in [0.1, 0.15) is 5.54 Å². The molecule has 150 valence electrons. The molecule has 0 aromatic heterocycles. The molecule has 0 aliphatic carbocycles. The molecule has 0 aliphatic rings.